The molecule has 0 aromatic carbocycles. The molecule has 8 nitrogen and oxygen atoms in total. The van der Waals surface area contributed by atoms with Crippen LogP contribution in [-0.4, -0.2) is 57.6 Å². The zero-order valence-corrected chi connectivity index (χ0v) is 15.2. The van der Waals surface area contributed by atoms with Crippen LogP contribution in [0.25, 0.3) is 0 Å². The van der Waals surface area contributed by atoms with Crippen molar-refractivity contribution in [3.63, 3.8) is 0 Å². The molecule has 0 unspecified atom stereocenters. The molecule has 1 fully saturated rings. The van der Waals surface area contributed by atoms with Gasteiger partial charge >= 0.3 is 0 Å². The second kappa shape index (κ2) is 7.37. The van der Waals surface area contributed by atoms with Gasteiger partial charge in [-0.1, -0.05) is 5.16 Å². The van der Waals surface area contributed by atoms with E-state index >= 15 is 0 Å². The third kappa shape index (κ3) is 4.26. The lowest BCUT2D eigenvalue weighted by molar-refractivity contribution is -0.124. The van der Waals surface area contributed by atoms with Gasteiger partial charge < -0.3 is 9.26 Å². The monoisotopic (exact) mass is 347 g/mol. The van der Waals surface area contributed by atoms with Crippen molar-refractivity contribution in [2.24, 2.45) is 0 Å². The van der Waals surface area contributed by atoms with E-state index in [-0.39, 0.29) is 18.1 Å². The third-order valence-corrected chi connectivity index (χ3v) is 4.45. The van der Waals surface area contributed by atoms with E-state index in [9.17, 15) is 4.79 Å². The van der Waals surface area contributed by atoms with Gasteiger partial charge in [0.25, 0.3) is 0 Å². The SMILES string of the molecule is Cc1cc(NC(=O)[C@@H](C)N2CCO[C@@H](Cn3nc(C)cc3C)C2)on1. The minimum absolute atomic E-state index is 0.00882. The van der Waals surface area contributed by atoms with Gasteiger partial charge in [0.1, 0.15) is 0 Å². The van der Waals surface area contributed by atoms with Crippen molar-refractivity contribution in [3.05, 3.63) is 29.2 Å². The molecule has 3 heterocycles. The first-order chi connectivity index (χ1) is 11.9. The lowest BCUT2D eigenvalue weighted by atomic mass is 10.2. The Morgan fingerprint density at radius 2 is 2.16 bits per heavy atom. The molecule has 0 saturated carbocycles. The van der Waals surface area contributed by atoms with E-state index in [0.29, 0.717) is 25.6 Å². The van der Waals surface area contributed by atoms with Crippen molar-refractivity contribution in [2.75, 3.05) is 25.0 Å². The Labute approximate surface area is 147 Å². The number of rotatable bonds is 5. The maximum Gasteiger partial charge on any atom is 0.243 e. The van der Waals surface area contributed by atoms with Gasteiger partial charge in [0, 0.05) is 24.8 Å². The number of morpholine rings is 1. The normalized spacial score (nSPS) is 19.8. The molecular formula is C17H25N5O3. The summed E-state index contributed by atoms with van der Waals surface area (Å²) in [4.78, 5) is 14.6. The number of hydrogen-bond acceptors (Lipinski definition) is 6. The molecule has 0 radical (unpaired) electrons. The van der Waals surface area contributed by atoms with Gasteiger partial charge in [-0.15, -0.1) is 0 Å². The fourth-order valence-corrected chi connectivity index (χ4v) is 3.07. The Kier molecular flexibility index (Phi) is 5.19. The summed E-state index contributed by atoms with van der Waals surface area (Å²) in [5.74, 6) is 0.268. The molecule has 3 rings (SSSR count). The quantitative estimate of drug-likeness (QED) is 0.883. The van der Waals surface area contributed by atoms with Crippen molar-refractivity contribution >= 4 is 11.8 Å². The number of nitrogens with one attached hydrogen (secondary N) is 1. The van der Waals surface area contributed by atoms with E-state index in [0.717, 1.165) is 23.6 Å². The van der Waals surface area contributed by atoms with Crippen LogP contribution in [0.1, 0.15) is 24.0 Å². The molecule has 136 valence electrons. The zero-order valence-electron chi connectivity index (χ0n) is 15.2. The molecule has 2 aromatic rings. The van der Waals surface area contributed by atoms with Crippen molar-refractivity contribution in [1.82, 2.24) is 19.8 Å². The molecule has 1 amide bonds. The van der Waals surface area contributed by atoms with E-state index in [4.69, 9.17) is 9.26 Å². The van der Waals surface area contributed by atoms with E-state index in [1.165, 1.54) is 0 Å². The molecule has 0 aliphatic carbocycles. The predicted octanol–water partition coefficient (Wildman–Crippen LogP) is 1.52. The highest BCUT2D eigenvalue weighted by molar-refractivity contribution is 5.93. The summed E-state index contributed by atoms with van der Waals surface area (Å²) in [5, 5.41) is 11.0. The Bertz CT molecular complexity index is 738. The van der Waals surface area contributed by atoms with Gasteiger partial charge in [-0.05, 0) is 33.8 Å². The van der Waals surface area contributed by atoms with Crippen molar-refractivity contribution in [1.29, 1.82) is 0 Å². The lowest BCUT2D eigenvalue weighted by Crippen LogP contribution is -2.51. The minimum Gasteiger partial charge on any atom is -0.374 e. The number of amides is 1. The largest absolute Gasteiger partial charge is 0.374 e. The van der Waals surface area contributed by atoms with Crippen LogP contribution in [0.3, 0.4) is 0 Å². The molecule has 1 saturated heterocycles. The van der Waals surface area contributed by atoms with Crippen LogP contribution in [0.2, 0.25) is 0 Å². The third-order valence-electron chi connectivity index (χ3n) is 4.45. The van der Waals surface area contributed by atoms with Crippen LogP contribution in [-0.2, 0) is 16.1 Å². The summed E-state index contributed by atoms with van der Waals surface area (Å²) in [6, 6.07) is 3.48. The maximum atomic E-state index is 12.4. The highest BCUT2D eigenvalue weighted by Crippen LogP contribution is 2.15. The second-order valence-corrected chi connectivity index (χ2v) is 6.59. The molecule has 0 bridgehead atoms. The Hall–Kier alpha value is -2.19. The maximum absolute atomic E-state index is 12.4. The first-order valence-electron chi connectivity index (χ1n) is 8.53. The first-order valence-corrected chi connectivity index (χ1v) is 8.53. The number of aryl methyl sites for hydroxylation is 3. The van der Waals surface area contributed by atoms with Crippen LogP contribution < -0.4 is 5.32 Å². The number of aromatic nitrogens is 3. The highest BCUT2D eigenvalue weighted by atomic mass is 16.5. The molecular weight excluding hydrogens is 322 g/mol. The summed E-state index contributed by atoms with van der Waals surface area (Å²) >= 11 is 0. The summed E-state index contributed by atoms with van der Waals surface area (Å²) in [6.07, 6.45) is 0.00882. The topological polar surface area (TPSA) is 85.4 Å². The zero-order chi connectivity index (χ0) is 18.0. The van der Waals surface area contributed by atoms with Gasteiger partial charge in [-0.2, -0.15) is 5.10 Å². The molecule has 2 aromatic heterocycles. The highest BCUT2D eigenvalue weighted by Gasteiger charge is 2.29. The summed E-state index contributed by atoms with van der Waals surface area (Å²) in [6.45, 7) is 10.4. The fourth-order valence-electron chi connectivity index (χ4n) is 3.07. The van der Waals surface area contributed by atoms with Crippen LogP contribution in [0.15, 0.2) is 16.7 Å². The average molecular weight is 347 g/mol. The fraction of sp³-hybridized carbons (Fsp3) is 0.588. The molecule has 1 aliphatic rings. The molecule has 8 heteroatoms. The first kappa shape index (κ1) is 17.6. The second-order valence-electron chi connectivity index (χ2n) is 6.59. The van der Waals surface area contributed by atoms with Gasteiger partial charge in [0.15, 0.2) is 0 Å². The number of ether oxygens (including phenoxy) is 1. The van der Waals surface area contributed by atoms with E-state index < -0.39 is 0 Å². The molecule has 25 heavy (non-hydrogen) atoms. The number of carbonyl (C=O) groups is 1. The van der Waals surface area contributed by atoms with Crippen molar-refractivity contribution < 1.29 is 14.1 Å². The Balaban J connectivity index is 1.58. The molecule has 1 N–H and O–H groups in total. The summed E-state index contributed by atoms with van der Waals surface area (Å²) < 4.78 is 12.9. The van der Waals surface area contributed by atoms with E-state index in [2.05, 4.69) is 26.5 Å². The Morgan fingerprint density at radius 3 is 2.80 bits per heavy atom. The van der Waals surface area contributed by atoms with Gasteiger partial charge in [-0.25, -0.2) is 0 Å². The van der Waals surface area contributed by atoms with Crippen LogP contribution >= 0.6 is 0 Å². The number of anilines is 1. The molecule has 1 aliphatic heterocycles. The number of hydrogen-bond donors (Lipinski definition) is 1. The van der Waals surface area contributed by atoms with E-state index in [1.54, 1.807) is 6.07 Å². The van der Waals surface area contributed by atoms with Crippen molar-refractivity contribution in [3.8, 4) is 0 Å². The standard InChI is InChI=1S/C17H25N5O3/c1-11-7-13(3)22(19-11)10-15-9-21(5-6-24-15)14(4)17(23)18-16-8-12(2)20-25-16/h7-8,14-15H,5-6,9-10H2,1-4H3,(H,18,23)/t14-,15-/m1/s1. The van der Waals surface area contributed by atoms with Gasteiger partial charge in [0.2, 0.25) is 11.8 Å². The van der Waals surface area contributed by atoms with Crippen LogP contribution in [0.4, 0.5) is 5.88 Å². The number of nitrogens with zero attached hydrogens (tertiary/aromatic N) is 4. The molecule has 2 atom stereocenters. The smallest absolute Gasteiger partial charge is 0.243 e. The van der Waals surface area contributed by atoms with Gasteiger partial charge in [0.05, 0.1) is 36.7 Å². The average Bonchev–Trinajstić information content (AvgIpc) is 3.11. The summed E-state index contributed by atoms with van der Waals surface area (Å²) in [5.41, 5.74) is 2.85. The Morgan fingerprint density at radius 1 is 1.36 bits per heavy atom. The summed E-state index contributed by atoms with van der Waals surface area (Å²) in [7, 11) is 0. The van der Waals surface area contributed by atoms with Crippen LogP contribution in [0.5, 0.6) is 0 Å². The minimum atomic E-state index is -0.280. The number of carbonyl (C=O) groups excluding carboxylic acids is 1. The van der Waals surface area contributed by atoms with Crippen LogP contribution in [0, 0.1) is 20.8 Å². The van der Waals surface area contributed by atoms with Gasteiger partial charge in [-0.3, -0.25) is 19.7 Å². The van der Waals surface area contributed by atoms with Crippen molar-refractivity contribution in [2.45, 2.75) is 46.4 Å². The molecule has 0 spiro atoms. The predicted molar refractivity (Wildman–Crippen MR) is 92.3 cm³/mol. The lowest BCUT2D eigenvalue weighted by Gasteiger charge is -2.36. The van der Waals surface area contributed by atoms with E-state index in [1.807, 2.05) is 32.4 Å².